The van der Waals surface area contributed by atoms with Gasteiger partial charge in [-0.15, -0.1) is 0 Å². The molecule has 1 N–H and O–H groups in total. The Hall–Kier alpha value is -1.43. The lowest BCUT2D eigenvalue weighted by molar-refractivity contribution is 0.0218. The van der Waals surface area contributed by atoms with E-state index in [0.29, 0.717) is 12.0 Å². The topological polar surface area (TPSA) is 47.0 Å². The van der Waals surface area contributed by atoms with Gasteiger partial charge < -0.3 is 14.9 Å². The molecule has 5 nitrogen and oxygen atoms in total. The van der Waals surface area contributed by atoms with Gasteiger partial charge in [-0.25, -0.2) is 0 Å². The highest BCUT2D eigenvalue weighted by Gasteiger charge is 2.35. The number of piperidine rings is 1. The quantitative estimate of drug-likeness (QED) is 0.872. The minimum absolute atomic E-state index is 0.149. The van der Waals surface area contributed by atoms with E-state index in [1.54, 1.807) is 0 Å². The van der Waals surface area contributed by atoms with Crippen molar-refractivity contribution in [3.05, 3.63) is 35.4 Å². The minimum Gasteiger partial charge on any atom is -0.396 e. The molecule has 2 fully saturated rings. The Morgan fingerprint density at radius 1 is 1.12 bits per heavy atom. The summed E-state index contributed by atoms with van der Waals surface area (Å²) in [6.07, 6.45) is 2.85. The second-order valence-corrected chi connectivity index (χ2v) is 7.94. The third-order valence-electron chi connectivity index (χ3n) is 6.02. The molecular weight excluding hydrogens is 326 g/mol. The average molecular weight is 360 g/mol. The standard InChI is InChI=1S/C21H33N3O2/c1-17-5-7-18(8-6-17)21(26)24-10-9-20(19(16-24)4-3-15-25)23-13-11-22(2)12-14-23/h5-8,19-20,25H,3-4,9-16H2,1-2H3/t19-,20+/m0/s1. The van der Waals surface area contributed by atoms with Crippen LogP contribution in [0.15, 0.2) is 24.3 Å². The molecule has 0 radical (unpaired) electrons. The molecule has 144 valence electrons. The van der Waals surface area contributed by atoms with E-state index < -0.39 is 0 Å². The van der Waals surface area contributed by atoms with Crippen molar-refractivity contribution >= 4 is 5.91 Å². The summed E-state index contributed by atoms with van der Waals surface area (Å²) >= 11 is 0. The van der Waals surface area contributed by atoms with Crippen LogP contribution in [0.5, 0.6) is 0 Å². The van der Waals surface area contributed by atoms with Crippen molar-refractivity contribution in [3.63, 3.8) is 0 Å². The van der Waals surface area contributed by atoms with Gasteiger partial charge in [-0.05, 0) is 51.3 Å². The lowest BCUT2D eigenvalue weighted by Gasteiger charge is -2.46. The van der Waals surface area contributed by atoms with Crippen LogP contribution in [-0.4, -0.2) is 84.7 Å². The normalized spacial score (nSPS) is 25.4. The van der Waals surface area contributed by atoms with E-state index in [9.17, 15) is 9.90 Å². The highest BCUT2D eigenvalue weighted by molar-refractivity contribution is 5.94. The number of likely N-dealkylation sites (N-methyl/N-ethyl adjacent to an activating group) is 1. The number of aliphatic hydroxyl groups excluding tert-OH is 1. The third-order valence-corrected chi connectivity index (χ3v) is 6.02. The van der Waals surface area contributed by atoms with Crippen molar-refractivity contribution in [3.8, 4) is 0 Å². The summed E-state index contributed by atoms with van der Waals surface area (Å²) < 4.78 is 0. The van der Waals surface area contributed by atoms with Crippen LogP contribution in [0.3, 0.4) is 0 Å². The van der Waals surface area contributed by atoms with E-state index in [2.05, 4.69) is 16.8 Å². The molecule has 2 aliphatic heterocycles. The molecule has 0 bridgehead atoms. The van der Waals surface area contributed by atoms with Gasteiger partial charge in [0, 0.05) is 57.5 Å². The summed E-state index contributed by atoms with van der Waals surface area (Å²) in [5.74, 6) is 0.601. The number of aryl methyl sites for hydroxylation is 1. The zero-order chi connectivity index (χ0) is 18.5. The number of likely N-dealkylation sites (tertiary alicyclic amines) is 1. The number of benzene rings is 1. The Bertz CT molecular complexity index is 581. The number of hydrogen-bond donors (Lipinski definition) is 1. The summed E-state index contributed by atoms with van der Waals surface area (Å²) in [5, 5.41) is 9.31. The van der Waals surface area contributed by atoms with Crippen LogP contribution < -0.4 is 0 Å². The van der Waals surface area contributed by atoms with Crippen LogP contribution in [0.1, 0.15) is 35.2 Å². The van der Waals surface area contributed by atoms with Gasteiger partial charge in [0.05, 0.1) is 0 Å². The number of carbonyl (C=O) groups excluding carboxylic acids is 1. The molecular formula is C21H33N3O2. The van der Waals surface area contributed by atoms with E-state index in [1.165, 1.54) is 5.56 Å². The van der Waals surface area contributed by atoms with Gasteiger partial charge in [0.15, 0.2) is 0 Å². The predicted molar refractivity (Wildman–Crippen MR) is 104 cm³/mol. The van der Waals surface area contributed by atoms with E-state index in [-0.39, 0.29) is 12.5 Å². The highest BCUT2D eigenvalue weighted by Crippen LogP contribution is 2.28. The molecule has 3 rings (SSSR count). The van der Waals surface area contributed by atoms with Gasteiger partial charge in [-0.2, -0.15) is 0 Å². The first-order valence-electron chi connectivity index (χ1n) is 9.98. The van der Waals surface area contributed by atoms with Crippen molar-refractivity contribution in [2.45, 2.75) is 32.2 Å². The smallest absolute Gasteiger partial charge is 0.253 e. The first kappa shape index (κ1) is 19.3. The Morgan fingerprint density at radius 2 is 1.81 bits per heavy atom. The van der Waals surface area contributed by atoms with Crippen LogP contribution in [0, 0.1) is 12.8 Å². The zero-order valence-corrected chi connectivity index (χ0v) is 16.2. The number of nitrogens with zero attached hydrogens (tertiary/aromatic N) is 3. The average Bonchev–Trinajstić information content (AvgIpc) is 2.67. The van der Waals surface area contributed by atoms with Gasteiger partial charge in [0.2, 0.25) is 0 Å². The van der Waals surface area contributed by atoms with Crippen molar-refractivity contribution in [1.82, 2.24) is 14.7 Å². The molecule has 26 heavy (non-hydrogen) atoms. The maximum atomic E-state index is 12.9. The second kappa shape index (κ2) is 8.98. The second-order valence-electron chi connectivity index (χ2n) is 7.94. The van der Waals surface area contributed by atoms with Crippen LogP contribution in [0.2, 0.25) is 0 Å². The van der Waals surface area contributed by atoms with Crippen LogP contribution in [0.25, 0.3) is 0 Å². The monoisotopic (exact) mass is 359 g/mol. The number of rotatable bonds is 5. The third kappa shape index (κ3) is 4.64. The van der Waals surface area contributed by atoms with Crippen molar-refractivity contribution in [2.75, 3.05) is 52.9 Å². The van der Waals surface area contributed by atoms with Gasteiger partial charge in [0.1, 0.15) is 0 Å². The zero-order valence-electron chi connectivity index (χ0n) is 16.2. The summed E-state index contributed by atoms with van der Waals surface area (Å²) in [6.45, 7) is 8.39. The van der Waals surface area contributed by atoms with Crippen LogP contribution in [0.4, 0.5) is 0 Å². The molecule has 0 spiro atoms. The van der Waals surface area contributed by atoms with Crippen molar-refractivity contribution in [2.24, 2.45) is 5.92 Å². The molecule has 2 aliphatic rings. The molecule has 1 aromatic rings. The molecule has 5 heteroatoms. The summed E-state index contributed by atoms with van der Waals surface area (Å²) in [6, 6.07) is 8.43. The Balaban J connectivity index is 1.66. The first-order valence-corrected chi connectivity index (χ1v) is 9.98. The molecule has 2 atom stereocenters. The van der Waals surface area contributed by atoms with E-state index in [0.717, 1.165) is 64.1 Å². The van der Waals surface area contributed by atoms with Crippen LogP contribution in [-0.2, 0) is 0 Å². The number of carbonyl (C=O) groups is 1. The molecule has 0 aromatic heterocycles. The van der Waals surface area contributed by atoms with Gasteiger partial charge in [-0.1, -0.05) is 17.7 Å². The maximum Gasteiger partial charge on any atom is 0.253 e. The highest BCUT2D eigenvalue weighted by atomic mass is 16.3. The lowest BCUT2D eigenvalue weighted by Crippen LogP contribution is -2.56. The molecule has 2 saturated heterocycles. The number of aliphatic hydroxyl groups is 1. The molecule has 0 unspecified atom stereocenters. The largest absolute Gasteiger partial charge is 0.396 e. The fraction of sp³-hybridized carbons (Fsp3) is 0.667. The number of amides is 1. The Labute approximate surface area is 157 Å². The minimum atomic E-state index is 0.149. The van der Waals surface area contributed by atoms with Gasteiger partial charge in [0.25, 0.3) is 5.91 Å². The summed E-state index contributed by atoms with van der Waals surface area (Å²) in [4.78, 5) is 19.9. The SMILES string of the molecule is Cc1ccc(C(=O)N2CC[C@@H](N3CCN(C)CC3)[C@@H](CCCO)C2)cc1. The van der Waals surface area contributed by atoms with Gasteiger partial charge >= 0.3 is 0 Å². The summed E-state index contributed by atoms with van der Waals surface area (Å²) in [5.41, 5.74) is 1.96. The van der Waals surface area contributed by atoms with E-state index in [4.69, 9.17) is 0 Å². The van der Waals surface area contributed by atoms with Crippen molar-refractivity contribution in [1.29, 1.82) is 0 Å². The molecule has 0 saturated carbocycles. The van der Waals surface area contributed by atoms with Crippen LogP contribution >= 0.6 is 0 Å². The summed E-state index contributed by atoms with van der Waals surface area (Å²) in [7, 11) is 2.18. The lowest BCUT2D eigenvalue weighted by atomic mass is 9.86. The maximum absolute atomic E-state index is 12.9. The Morgan fingerprint density at radius 3 is 2.46 bits per heavy atom. The molecule has 2 heterocycles. The fourth-order valence-electron chi connectivity index (χ4n) is 4.35. The Kier molecular flexibility index (Phi) is 6.68. The van der Waals surface area contributed by atoms with Gasteiger partial charge in [-0.3, -0.25) is 9.69 Å². The van der Waals surface area contributed by atoms with Crippen molar-refractivity contribution < 1.29 is 9.90 Å². The fourth-order valence-corrected chi connectivity index (χ4v) is 4.35. The first-order chi connectivity index (χ1) is 12.6. The number of piperazine rings is 1. The van der Waals surface area contributed by atoms with E-state index >= 15 is 0 Å². The van der Waals surface area contributed by atoms with E-state index in [1.807, 2.05) is 36.1 Å². The predicted octanol–water partition coefficient (Wildman–Crippen LogP) is 1.85. The molecule has 1 amide bonds. The molecule has 1 aromatic carbocycles. The molecule has 0 aliphatic carbocycles. The number of hydrogen-bond acceptors (Lipinski definition) is 4.